The SMILES string of the molecule is CCCNC(=O)N[C@H](c1ccccc1)[C@H](c1ccccc1)N1CCN(C(C)C)CC1.[HH].[HH]. The molecule has 1 aliphatic rings. The van der Waals surface area contributed by atoms with Crippen LogP contribution in [-0.2, 0) is 0 Å². The van der Waals surface area contributed by atoms with Crippen LogP contribution in [0.15, 0.2) is 60.7 Å². The minimum Gasteiger partial charge on any atom is -0.338 e. The minimum absolute atomic E-state index is 0. The van der Waals surface area contributed by atoms with E-state index in [1.54, 1.807) is 0 Å². The molecule has 0 spiro atoms. The lowest BCUT2D eigenvalue weighted by molar-refractivity contribution is 0.0641. The molecule has 2 amide bonds. The van der Waals surface area contributed by atoms with E-state index >= 15 is 0 Å². The zero-order chi connectivity index (χ0) is 21.3. The maximum Gasteiger partial charge on any atom is 0.315 e. The number of piperazine rings is 1. The monoisotopic (exact) mass is 412 g/mol. The topological polar surface area (TPSA) is 47.6 Å². The van der Waals surface area contributed by atoms with Crippen LogP contribution in [0.3, 0.4) is 0 Å². The van der Waals surface area contributed by atoms with E-state index in [1.165, 1.54) is 5.56 Å². The lowest BCUT2D eigenvalue weighted by atomic mass is 9.91. The minimum atomic E-state index is -0.129. The average molecular weight is 413 g/mol. The van der Waals surface area contributed by atoms with Gasteiger partial charge in [-0.2, -0.15) is 0 Å². The molecule has 30 heavy (non-hydrogen) atoms. The van der Waals surface area contributed by atoms with Crippen molar-refractivity contribution in [2.45, 2.75) is 45.3 Å². The number of carbonyl (C=O) groups excluding carboxylic acids is 1. The lowest BCUT2D eigenvalue weighted by Crippen LogP contribution is -2.52. The largest absolute Gasteiger partial charge is 0.338 e. The van der Waals surface area contributed by atoms with E-state index in [0.717, 1.165) is 38.2 Å². The van der Waals surface area contributed by atoms with E-state index in [1.807, 2.05) is 18.2 Å². The van der Waals surface area contributed by atoms with Gasteiger partial charge in [-0.1, -0.05) is 67.6 Å². The molecule has 0 aromatic heterocycles. The standard InChI is InChI=1S/C25H36N4O.2H2/c1-4-15-26-25(30)27-23(21-11-7-5-8-12-21)24(22-13-9-6-10-14-22)29-18-16-28(17-19-29)20(2)3;;/h5-14,20,23-24H,4,15-19H2,1-3H3,(H2,26,27,30);2*1H/t23-,24+;;/m1../s1. The van der Waals surface area contributed by atoms with Crippen molar-refractivity contribution in [1.29, 1.82) is 0 Å². The Kier molecular flexibility index (Phi) is 8.29. The van der Waals surface area contributed by atoms with Gasteiger partial charge in [-0.15, -0.1) is 0 Å². The average Bonchev–Trinajstić information content (AvgIpc) is 2.79. The Morgan fingerprint density at radius 2 is 1.43 bits per heavy atom. The molecule has 3 rings (SSSR count). The molecule has 5 nitrogen and oxygen atoms in total. The van der Waals surface area contributed by atoms with E-state index in [2.05, 4.69) is 83.7 Å². The van der Waals surface area contributed by atoms with Crippen LogP contribution in [0.4, 0.5) is 4.79 Å². The van der Waals surface area contributed by atoms with Crippen molar-refractivity contribution >= 4 is 6.03 Å². The Labute approximate surface area is 184 Å². The zero-order valence-electron chi connectivity index (χ0n) is 18.6. The number of amides is 2. The summed E-state index contributed by atoms with van der Waals surface area (Å²) in [5, 5.41) is 6.28. The lowest BCUT2D eigenvalue weighted by Gasteiger charge is -2.44. The second-order valence-electron chi connectivity index (χ2n) is 8.31. The maximum absolute atomic E-state index is 12.7. The highest BCUT2D eigenvalue weighted by molar-refractivity contribution is 5.74. The Morgan fingerprint density at radius 3 is 1.97 bits per heavy atom. The van der Waals surface area contributed by atoms with Crippen LogP contribution in [0.2, 0.25) is 0 Å². The fraction of sp³-hybridized carbons (Fsp3) is 0.480. The van der Waals surface area contributed by atoms with Crippen LogP contribution in [0.25, 0.3) is 0 Å². The summed E-state index contributed by atoms with van der Waals surface area (Å²) in [5.41, 5.74) is 2.37. The quantitative estimate of drug-likeness (QED) is 0.661. The molecule has 166 valence electrons. The zero-order valence-corrected chi connectivity index (χ0v) is 18.6. The molecule has 1 heterocycles. The Morgan fingerprint density at radius 1 is 0.900 bits per heavy atom. The molecule has 0 saturated carbocycles. The highest BCUT2D eigenvalue weighted by atomic mass is 16.2. The molecule has 0 radical (unpaired) electrons. The highest BCUT2D eigenvalue weighted by Gasteiger charge is 2.33. The molecule has 2 aromatic carbocycles. The van der Waals surface area contributed by atoms with Crippen LogP contribution in [-0.4, -0.2) is 54.6 Å². The van der Waals surface area contributed by atoms with Crippen LogP contribution < -0.4 is 10.6 Å². The summed E-state index contributed by atoms with van der Waals surface area (Å²) in [7, 11) is 0. The molecule has 2 aromatic rings. The molecule has 0 unspecified atom stereocenters. The van der Waals surface area contributed by atoms with Gasteiger partial charge in [-0.05, 0) is 31.4 Å². The first-order valence-corrected chi connectivity index (χ1v) is 11.2. The van der Waals surface area contributed by atoms with Crippen molar-refractivity contribution in [2.75, 3.05) is 32.7 Å². The van der Waals surface area contributed by atoms with Gasteiger partial charge in [-0.25, -0.2) is 4.79 Å². The number of hydrogen-bond donors (Lipinski definition) is 2. The smallest absolute Gasteiger partial charge is 0.315 e. The first kappa shape index (κ1) is 22.3. The number of nitrogens with one attached hydrogen (secondary N) is 2. The summed E-state index contributed by atoms with van der Waals surface area (Å²) in [6.45, 7) is 11.3. The molecule has 5 heteroatoms. The Balaban J connectivity index is 0.00000256. The van der Waals surface area contributed by atoms with Gasteiger partial charge in [0.2, 0.25) is 0 Å². The normalized spacial score (nSPS) is 17.5. The third-order valence-electron chi connectivity index (χ3n) is 5.91. The van der Waals surface area contributed by atoms with E-state index in [-0.39, 0.29) is 21.0 Å². The second-order valence-corrected chi connectivity index (χ2v) is 8.31. The number of urea groups is 1. The van der Waals surface area contributed by atoms with E-state index in [4.69, 9.17) is 0 Å². The predicted octanol–water partition coefficient (Wildman–Crippen LogP) is 4.70. The van der Waals surface area contributed by atoms with Gasteiger partial charge in [0.15, 0.2) is 0 Å². The molecule has 1 aliphatic heterocycles. The fourth-order valence-corrected chi connectivity index (χ4v) is 4.23. The molecule has 0 bridgehead atoms. The third-order valence-corrected chi connectivity index (χ3v) is 5.91. The van der Waals surface area contributed by atoms with Crippen molar-refractivity contribution < 1.29 is 7.65 Å². The molecule has 2 atom stereocenters. The maximum atomic E-state index is 12.7. The van der Waals surface area contributed by atoms with Crippen molar-refractivity contribution in [1.82, 2.24) is 20.4 Å². The van der Waals surface area contributed by atoms with Crippen molar-refractivity contribution in [3.63, 3.8) is 0 Å². The summed E-state index contributed by atoms with van der Waals surface area (Å²) < 4.78 is 0. The van der Waals surface area contributed by atoms with Crippen LogP contribution in [0.1, 0.15) is 53.3 Å². The number of rotatable bonds is 8. The fourth-order valence-electron chi connectivity index (χ4n) is 4.23. The van der Waals surface area contributed by atoms with Gasteiger partial charge in [0, 0.05) is 41.6 Å². The van der Waals surface area contributed by atoms with Crippen molar-refractivity contribution in [2.24, 2.45) is 0 Å². The second kappa shape index (κ2) is 11.1. The molecular weight excluding hydrogens is 372 g/mol. The van der Waals surface area contributed by atoms with Crippen LogP contribution >= 0.6 is 0 Å². The molecule has 2 N–H and O–H groups in total. The summed E-state index contributed by atoms with van der Waals surface area (Å²) in [6, 6.07) is 21.4. The van der Waals surface area contributed by atoms with Crippen LogP contribution in [0, 0.1) is 0 Å². The van der Waals surface area contributed by atoms with Gasteiger partial charge < -0.3 is 10.6 Å². The van der Waals surface area contributed by atoms with Crippen LogP contribution in [0.5, 0.6) is 0 Å². The van der Waals surface area contributed by atoms with E-state index < -0.39 is 0 Å². The predicted molar refractivity (Wildman–Crippen MR) is 128 cm³/mol. The number of benzene rings is 2. The molecular formula is C25H40N4O. The van der Waals surface area contributed by atoms with E-state index in [9.17, 15) is 4.79 Å². The first-order chi connectivity index (χ1) is 14.6. The summed E-state index contributed by atoms with van der Waals surface area (Å²) in [5.74, 6) is 0. The summed E-state index contributed by atoms with van der Waals surface area (Å²) >= 11 is 0. The highest BCUT2D eigenvalue weighted by Crippen LogP contribution is 2.35. The summed E-state index contributed by atoms with van der Waals surface area (Å²) in [6.07, 6.45) is 0.919. The van der Waals surface area contributed by atoms with Gasteiger partial charge >= 0.3 is 6.03 Å². The molecule has 1 fully saturated rings. The number of nitrogens with zero attached hydrogens (tertiary/aromatic N) is 2. The van der Waals surface area contributed by atoms with Crippen molar-refractivity contribution in [3.05, 3.63) is 71.8 Å². The summed E-state index contributed by atoms with van der Waals surface area (Å²) in [4.78, 5) is 17.8. The van der Waals surface area contributed by atoms with Crippen molar-refractivity contribution in [3.8, 4) is 0 Å². The van der Waals surface area contributed by atoms with Gasteiger partial charge in [0.05, 0.1) is 12.1 Å². The van der Waals surface area contributed by atoms with Gasteiger partial charge in [-0.3, -0.25) is 9.80 Å². The number of hydrogen-bond acceptors (Lipinski definition) is 3. The Hall–Kier alpha value is -2.37. The van der Waals surface area contributed by atoms with E-state index in [0.29, 0.717) is 12.6 Å². The Bertz CT molecular complexity index is 768. The molecule has 1 saturated heterocycles. The molecule has 0 aliphatic carbocycles. The van der Waals surface area contributed by atoms with Gasteiger partial charge in [0.1, 0.15) is 0 Å². The van der Waals surface area contributed by atoms with Gasteiger partial charge in [0.25, 0.3) is 0 Å². The number of carbonyl (C=O) groups is 1. The third kappa shape index (κ3) is 5.83. The first-order valence-electron chi connectivity index (χ1n) is 11.2.